The van der Waals surface area contributed by atoms with Gasteiger partial charge in [-0.3, -0.25) is 14.5 Å². The van der Waals surface area contributed by atoms with Crippen LogP contribution in [0.3, 0.4) is 0 Å². The fourth-order valence-corrected chi connectivity index (χ4v) is 3.40. The van der Waals surface area contributed by atoms with Gasteiger partial charge in [0, 0.05) is 5.56 Å². The molecule has 3 amide bonds. The molecular formula is C23H26N2O3. The monoisotopic (exact) mass is 378 g/mol. The molecule has 0 bridgehead atoms. The lowest BCUT2D eigenvalue weighted by Gasteiger charge is -2.22. The number of Topliss-reactive ketones (excluding diaryl/α,β-unsaturated/α-hetero) is 1. The summed E-state index contributed by atoms with van der Waals surface area (Å²) in [6, 6.07) is 14.4. The first-order valence-electron chi connectivity index (χ1n) is 9.63. The number of imide groups is 1. The number of hydrogen-bond donors (Lipinski definition) is 1. The van der Waals surface area contributed by atoms with Crippen molar-refractivity contribution in [2.45, 2.75) is 45.6 Å². The molecule has 1 saturated heterocycles. The van der Waals surface area contributed by atoms with E-state index in [1.807, 2.05) is 43.3 Å². The molecule has 2 aromatic rings. The van der Waals surface area contributed by atoms with Crippen LogP contribution in [0, 0.1) is 0 Å². The maximum absolute atomic E-state index is 13.0. The van der Waals surface area contributed by atoms with Crippen molar-refractivity contribution < 1.29 is 14.4 Å². The van der Waals surface area contributed by atoms with E-state index in [2.05, 4.69) is 19.2 Å². The summed E-state index contributed by atoms with van der Waals surface area (Å²) in [4.78, 5) is 39.1. The zero-order valence-electron chi connectivity index (χ0n) is 16.8. The van der Waals surface area contributed by atoms with E-state index in [0.717, 1.165) is 22.4 Å². The summed E-state index contributed by atoms with van der Waals surface area (Å²) in [6.45, 7) is 7.64. The van der Waals surface area contributed by atoms with E-state index in [4.69, 9.17) is 0 Å². The summed E-state index contributed by atoms with van der Waals surface area (Å²) in [5, 5.41) is 2.76. The van der Waals surface area contributed by atoms with E-state index in [-0.39, 0.29) is 12.3 Å². The molecule has 1 atom stereocenters. The molecule has 0 unspecified atom stereocenters. The number of nitrogens with one attached hydrogen (secondary N) is 1. The number of hydrogen-bond acceptors (Lipinski definition) is 3. The Bertz CT molecular complexity index is 900. The fraction of sp³-hybridized carbons (Fsp3) is 0.348. The number of urea groups is 1. The van der Waals surface area contributed by atoms with Crippen molar-refractivity contribution in [2.24, 2.45) is 0 Å². The highest BCUT2D eigenvalue weighted by Gasteiger charge is 2.49. The van der Waals surface area contributed by atoms with Crippen LogP contribution in [0.25, 0.3) is 0 Å². The minimum absolute atomic E-state index is 0.259. The highest BCUT2D eigenvalue weighted by atomic mass is 16.2. The maximum Gasteiger partial charge on any atom is 0.325 e. The number of carbonyl (C=O) groups excluding carboxylic acids is 3. The molecule has 146 valence electrons. The SMILES string of the molecule is CCc1ccc(C(=O)CN2C(=O)N[C@@](C)(c3ccc(C(C)C)cc3)C2=O)cc1. The summed E-state index contributed by atoms with van der Waals surface area (Å²) in [5.74, 6) is -0.289. The van der Waals surface area contributed by atoms with Crippen LogP contribution in [0.15, 0.2) is 48.5 Å². The maximum atomic E-state index is 13.0. The first-order valence-corrected chi connectivity index (χ1v) is 9.63. The zero-order chi connectivity index (χ0) is 20.5. The second-order valence-corrected chi connectivity index (χ2v) is 7.70. The molecule has 1 heterocycles. The Kier molecular flexibility index (Phi) is 5.36. The molecule has 1 N–H and O–H groups in total. The first kappa shape index (κ1) is 19.8. The largest absolute Gasteiger partial charge is 0.325 e. The summed E-state index contributed by atoms with van der Waals surface area (Å²) in [5.41, 5.74) is 2.32. The Morgan fingerprint density at radius 2 is 1.64 bits per heavy atom. The molecular weight excluding hydrogens is 352 g/mol. The second kappa shape index (κ2) is 7.58. The van der Waals surface area contributed by atoms with Crippen molar-refractivity contribution in [1.29, 1.82) is 0 Å². The molecule has 0 radical (unpaired) electrons. The Labute approximate surface area is 165 Å². The molecule has 5 nitrogen and oxygen atoms in total. The third-order valence-electron chi connectivity index (χ3n) is 5.42. The van der Waals surface area contributed by atoms with E-state index in [1.54, 1.807) is 19.1 Å². The number of nitrogens with zero attached hydrogens (tertiary/aromatic N) is 1. The number of carbonyl (C=O) groups is 3. The van der Waals surface area contributed by atoms with Gasteiger partial charge in [0.1, 0.15) is 5.54 Å². The van der Waals surface area contributed by atoms with Gasteiger partial charge in [0.2, 0.25) is 0 Å². The molecule has 1 fully saturated rings. The molecule has 0 aromatic heterocycles. The average molecular weight is 378 g/mol. The normalized spacial score (nSPS) is 19.2. The Morgan fingerprint density at radius 1 is 1.04 bits per heavy atom. The van der Waals surface area contributed by atoms with Crippen molar-refractivity contribution in [2.75, 3.05) is 6.54 Å². The lowest BCUT2D eigenvalue weighted by molar-refractivity contribution is -0.130. The van der Waals surface area contributed by atoms with Crippen LogP contribution in [-0.2, 0) is 16.8 Å². The van der Waals surface area contributed by atoms with E-state index in [0.29, 0.717) is 17.0 Å². The minimum Gasteiger partial charge on any atom is -0.319 e. The Morgan fingerprint density at radius 3 is 2.18 bits per heavy atom. The van der Waals surface area contributed by atoms with Crippen LogP contribution >= 0.6 is 0 Å². The van der Waals surface area contributed by atoms with Gasteiger partial charge in [0.25, 0.3) is 5.91 Å². The molecule has 28 heavy (non-hydrogen) atoms. The predicted octanol–water partition coefficient (Wildman–Crippen LogP) is 4.02. The third kappa shape index (κ3) is 3.57. The number of rotatable bonds is 6. The zero-order valence-corrected chi connectivity index (χ0v) is 16.8. The molecule has 5 heteroatoms. The molecule has 0 aliphatic carbocycles. The minimum atomic E-state index is -1.17. The van der Waals surface area contributed by atoms with Crippen LogP contribution in [0.4, 0.5) is 4.79 Å². The van der Waals surface area contributed by atoms with Crippen LogP contribution < -0.4 is 5.32 Å². The summed E-state index contributed by atoms with van der Waals surface area (Å²) < 4.78 is 0. The van der Waals surface area contributed by atoms with Crippen LogP contribution in [0.1, 0.15) is 60.7 Å². The van der Waals surface area contributed by atoms with E-state index in [9.17, 15) is 14.4 Å². The lowest BCUT2D eigenvalue weighted by Crippen LogP contribution is -2.41. The van der Waals surface area contributed by atoms with Gasteiger partial charge in [-0.05, 0) is 36.0 Å². The van der Waals surface area contributed by atoms with Gasteiger partial charge >= 0.3 is 6.03 Å². The molecule has 3 rings (SSSR count). The topological polar surface area (TPSA) is 66.5 Å². The smallest absolute Gasteiger partial charge is 0.319 e. The van der Waals surface area contributed by atoms with Crippen molar-refractivity contribution >= 4 is 17.7 Å². The molecule has 1 aliphatic rings. The predicted molar refractivity (Wildman–Crippen MR) is 108 cm³/mol. The number of benzene rings is 2. The lowest BCUT2D eigenvalue weighted by atomic mass is 9.90. The van der Waals surface area contributed by atoms with Crippen molar-refractivity contribution in [1.82, 2.24) is 10.2 Å². The third-order valence-corrected chi connectivity index (χ3v) is 5.42. The molecule has 1 aliphatic heterocycles. The van der Waals surface area contributed by atoms with E-state index >= 15 is 0 Å². The van der Waals surface area contributed by atoms with Crippen LogP contribution in [0.5, 0.6) is 0 Å². The number of ketones is 1. The van der Waals surface area contributed by atoms with Gasteiger partial charge in [-0.25, -0.2) is 4.79 Å². The highest BCUT2D eigenvalue weighted by molar-refractivity contribution is 6.11. The number of amides is 3. The van der Waals surface area contributed by atoms with E-state index in [1.165, 1.54) is 0 Å². The van der Waals surface area contributed by atoms with Crippen molar-refractivity contribution in [3.63, 3.8) is 0 Å². The van der Waals surface area contributed by atoms with Gasteiger partial charge in [-0.1, -0.05) is 69.3 Å². The van der Waals surface area contributed by atoms with Gasteiger partial charge in [0.15, 0.2) is 5.78 Å². The van der Waals surface area contributed by atoms with Crippen LogP contribution in [-0.4, -0.2) is 29.2 Å². The van der Waals surface area contributed by atoms with Gasteiger partial charge < -0.3 is 5.32 Å². The summed E-state index contributed by atoms with van der Waals surface area (Å²) in [7, 11) is 0. The number of aryl methyl sites for hydroxylation is 1. The standard InChI is InChI=1S/C23H26N2O3/c1-5-16-6-8-18(9-7-16)20(26)14-25-21(27)23(4,24-22(25)28)19-12-10-17(11-13-19)15(2)3/h6-13,15H,5,14H2,1-4H3,(H,24,28)/t23-/m0/s1. The van der Waals surface area contributed by atoms with Gasteiger partial charge in [-0.15, -0.1) is 0 Å². The second-order valence-electron chi connectivity index (χ2n) is 7.70. The summed E-state index contributed by atoms with van der Waals surface area (Å²) >= 11 is 0. The molecule has 2 aromatic carbocycles. The fourth-order valence-electron chi connectivity index (χ4n) is 3.40. The highest BCUT2D eigenvalue weighted by Crippen LogP contribution is 2.30. The molecule has 0 saturated carbocycles. The van der Waals surface area contributed by atoms with Crippen LogP contribution in [0.2, 0.25) is 0 Å². The quantitative estimate of drug-likeness (QED) is 0.610. The van der Waals surface area contributed by atoms with Crippen molar-refractivity contribution in [3.05, 3.63) is 70.8 Å². The first-order chi connectivity index (χ1) is 13.3. The molecule has 0 spiro atoms. The average Bonchev–Trinajstić information content (AvgIpc) is 2.92. The van der Waals surface area contributed by atoms with Crippen molar-refractivity contribution in [3.8, 4) is 0 Å². The Hall–Kier alpha value is -2.95. The van der Waals surface area contributed by atoms with Gasteiger partial charge in [0.05, 0.1) is 6.54 Å². The Balaban J connectivity index is 1.79. The van der Waals surface area contributed by atoms with Gasteiger partial charge in [-0.2, -0.15) is 0 Å². The summed E-state index contributed by atoms with van der Waals surface area (Å²) in [6.07, 6.45) is 0.884. The van der Waals surface area contributed by atoms with E-state index < -0.39 is 17.5 Å².